The molecular formula is C14H4F4. The van der Waals surface area contributed by atoms with E-state index in [2.05, 4.69) is 12.1 Å². The van der Waals surface area contributed by atoms with Gasteiger partial charge in [0.25, 0.3) is 0 Å². The molecule has 0 aliphatic carbocycles. The summed E-state index contributed by atoms with van der Waals surface area (Å²) in [7, 11) is 0. The topological polar surface area (TPSA) is 0 Å². The number of benzene rings is 3. The summed E-state index contributed by atoms with van der Waals surface area (Å²) in [5.74, 6) is -4.91. The fourth-order valence-corrected chi connectivity index (χ4v) is 1.98. The van der Waals surface area contributed by atoms with Crippen LogP contribution in [-0.4, -0.2) is 0 Å². The first-order valence-electron chi connectivity index (χ1n) is 5.07. The van der Waals surface area contributed by atoms with Crippen molar-refractivity contribution in [3.05, 3.63) is 59.7 Å². The molecule has 0 aliphatic heterocycles. The van der Waals surface area contributed by atoms with Gasteiger partial charge in [-0.15, -0.1) is 0 Å². The van der Waals surface area contributed by atoms with Gasteiger partial charge in [0.1, 0.15) is 0 Å². The van der Waals surface area contributed by atoms with Crippen molar-refractivity contribution in [3.8, 4) is 0 Å². The highest BCUT2D eigenvalue weighted by atomic mass is 19.2. The molecule has 0 aliphatic rings. The van der Waals surface area contributed by atoms with E-state index >= 15 is 0 Å². The monoisotopic (exact) mass is 248 g/mol. The van der Waals surface area contributed by atoms with Gasteiger partial charge in [0, 0.05) is 22.9 Å². The van der Waals surface area contributed by atoms with Crippen molar-refractivity contribution < 1.29 is 17.6 Å². The van der Waals surface area contributed by atoms with E-state index in [1.807, 2.05) is 0 Å². The van der Waals surface area contributed by atoms with Crippen molar-refractivity contribution in [1.29, 1.82) is 0 Å². The Morgan fingerprint density at radius 1 is 0.667 bits per heavy atom. The van der Waals surface area contributed by atoms with E-state index in [0.717, 1.165) is 0 Å². The lowest BCUT2D eigenvalue weighted by atomic mass is 10.0. The largest absolute Gasteiger partial charge is 0.203 e. The van der Waals surface area contributed by atoms with E-state index in [0.29, 0.717) is 0 Å². The summed E-state index contributed by atoms with van der Waals surface area (Å²) in [4.78, 5) is 0. The Balaban J connectivity index is 2.67. The predicted octanol–water partition coefficient (Wildman–Crippen LogP) is 4.15. The van der Waals surface area contributed by atoms with Gasteiger partial charge >= 0.3 is 0 Å². The van der Waals surface area contributed by atoms with Gasteiger partial charge in [-0.3, -0.25) is 0 Å². The zero-order valence-corrected chi connectivity index (χ0v) is 8.82. The molecule has 18 heavy (non-hydrogen) atoms. The second kappa shape index (κ2) is 3.70. The maximum atomic E-state index is 13.7. The molecule has 0 aromatic heterocycles. The quantitative estimate of drug-likeness (QED) is 0.414. The van der Waals surface area contributed by atoms with Crippen LogP contribution in [0.2, 0.25) is 0 Å². The van der Waals surface area contributed by atoms with E-state index in [1.54, 1.807) is 0 Å². The molecule has 0 bridgehead atoms. The fourth-order valence-electron chi connectivity index (χ4n) is 1.98. The Labute approximate surface area is 99.5 Å². The van der Waals surface area contributed by atoms with Crippen molar-refractivity contribution in [2.24, 2.45) is 0 Å². The second-order valence-corrected chi connectivity index (χ2v) is 3.83. The third kappa shape index (κ3) is 1.38. The molecule has 3 aromatic carbocycles. The van der Waals surface area contributed by atoms with Gasteiger partial charge in [-0.25, -0.2) is 17.6 Å². The Kier molecular flexibility index (Phi) is 2.26. The van der Waals surface area contributed by atoms with E-state index < -0.39 is 23.3 Å². The van der Waals surface area contributed by atoms with Crippen LogP contribution in [0.4, 0.5) is 17.6 Å². The average molecular weight is 248 g/mol. The third-order valence-corrected chi connectivity index (χ3v) is 2.80. The summed E-state index contributed by atoms with van der Waals surface area (Å²) in [5, 5.41) is -0.0555. The SMILES string of the molecule is Fc1[c]cc2ccc3c[c]c(F)c(F)c3c2c1F. The highest BCUT2D eigenvalue weighted by molar-refractivity contribution is 6.08. The Morgan fingerprint density at radius 3 is 1.44 bits per heavy atom. The zero-order chi connectivity index (χ0) is 12.9. The average Bonchev–Trinajstić information content (AvgIpc) is 2.38. The van der Waals surface area contributed by atoms with Crippen molar-refractivity contribution >= 4 is 21.5 Å². The molecule has 0 saturated carbocycles. The highest BCUT2D eigenvalue weighted by Gasteiger charge is 2.16. The smallest absolute Gasteiger partial charge is 0.168 e. The summed E-state index contributed by atoms with van der Waals surface area (Å²) < 4.78 is 53.8. The van der Waals surface area contributed by atoms with Crippen LogP contribution in [0.25, 0.3) is 21.5 Å². The van der Waals surface area contributed by atoms with Gasteiger partial charge in [0.2, 0.25) is 0 Å². The van der Waals surface area contributed by atoms with Gasteiger partial charge in [-0.05, 0) is 22.9 Å². The standard InChI is InChI=1S/C14H4F4/c15-9-5-3-7-1-2-8-4-6-10(16)14(18)12(8)11(7)13(9)17/h1-4H. The van der Waals surface area contributed by atoms with E-state index in [-0.39, 0.29) is 21.5 Å². The Morgan fingerprint density at radius 2 is 1.06 bits per heavy atom. The predicted molar refractivity (Wildman–Crippen MR) is 59.0 cm³/mol. The lowest BCUT2D eigenvalue weighted by molar-refractivity contribution is 0.510. The van der Waals surface area contributed by atoms with Crippen LogP contribution in [0.15, 0.2) is 24.3 Å². The maximum Gasteiger partial charge on any atom is 0.168 e. The van der Waals surface area contributed by atoms with Gasteiger partial charge in [0.15, 0.2) is 23.3 Å². The maximum absolute atomic E-state index is 13.7. The van der Waals surface area contributed by atoms with Crippen molar-refractivity contribution in [1.82, 2.24) is 0 Å². The summed E-state index contributed by atoms with van der Waals surface area (Å²) in [6.07, 6.45) is 0. The van der Waals surface area contributed by atoms with Crippen LogP contribution in [0, 0.1) is 35.4 Å². The fraction of sp³-hybridized carbons (Fsp3) is 0. The van der Waals surface area contributed by atoms with Crippen LogP contribution in [0.5, 0.6) is 0 Å². The van der Waals surface area contributed by atoms with Crippen LogP contribution in [-0.2, 0) is 0 Å². The van der Waals surface area contributed by atoms with Crippen molar-refractivity contribution in [3.63, 3.8) is 0 Å². The van der Waals surface area contributed by atoms with Crippen LogP contribution < -0.4 is 0 Å². The lowest BCUT2D eigenvalue weighted by Crippen LogP contribution is -1.92. The Bertz CT molecular complexity index is 711. The number of rotatable bonds is 0. The molecule has 0 unspecified atom stereocenters. The normalized spacial score (nSPS) is 11.3. The number of hydrogen-bond acceptors (Lipinski definition) is 0. The molecule has 0 heterocycles. The first-order chi connectivity index (χ1) is 8.59. The van der Waals surface area contributed by atoms with Crippen molar-refractivity contribution in [2.75, 3.05) is 0 Å². The third-order valence-electron chi connectivity index (χ3n) is 2.80. The summed E-state index contributed by atoms with van der Waals surface area (Å²) in [6.45, 7) is 0. The molecule has 3 aromatic rings. The molecule has 4 heteroatoms. The lowest BCUT2D eigenvalue weighted by Gasteiger charge is -2.06. The summed E-state index contributed by atoms with van der Waals surface area (Å²) >= 11 is 0. The van der Waals surface area contributed by atoms with E-state index in [1.165, 1.54) is 24.3 Å². The van der Waals surface area contributed by atoms with Gasteiger partial charge in [-0.2, -0.15) is 0 Å². The Hall–Kier alpha value is -2.10. The minimum Gasteiger partial charge on any atom is -0.203 e. The minimum atomic E-state index is -1.23. The van der Waals surface area contributed by atoms with E-state index in [4.69, 9.17) is 0 Å². The van der Waals surface area contributed by atoms with Gasteiger partial charge < -0.3 is 0 Å². The minimum absolute atomic E-state index is 0.255. The number of hydrogen-bond donors (Lipinski definition) is 0. The van der Waals surface area contributed by atoms with Crippen molar-refractivity contribution in [2.45, 2.75) is 0 Å². The molecule has 0 atom stereocenters. The van der Waals surface area contributed by atoms with E-state index in [9.17, 15) is 17.6 Å². The summed E-state index contributed by atoms with van der Waals surface area (Å²) in [5.41, 5.74) is 0. The molecule has 0 N–H and O–H groups in total. The molecule has 0 saturated heterocycles. The molecule has 0 amide bonds. The molecule has 3 rings (SSSR count). The summed E-state index contributed by atoms with van der Waals surface area (Å²) in [6, 6.07) is 9.52. The molecule has 0 nitrogen and oxygen atoms in total. The number of fused-ring (bicyclic) bond motifs is 3. The molecule has 2 radical (unpaired) electrons. The first kappa shape index (κ1) is 11.0. The van der Waals surface area contributed by atoms with Gasteiger partial charge in [0.05, 0.1) is 0 Å². The molecule has 0 spiro atoms. The van der Waals surface area contributed by atoms with Crippen LogP contribution >= 0.6 is 0 Å². The molecule has 88 valence electrons. The molecule has 0 fully saturated rings. The van der Waals surface area contributed by atoms with Crippen LogP contribution in [0.1, 0.15) is 0 Å². The molecular weight excluding hydrogens is 244 g/mol. The van der Waals surface area contributed by atoms with Crippen LogP contribution in [0.3, 0.4) is 0 Å². The second-order valence-electron chi connectivity index (χ2n) is 3.83. The highest BCUT2D eigenvalue weighted by Crippen LogP contribution is 2.31. The number of halogens is 4. The first-order valence-corrected chi connectivity index (χ1v) is 5.07. The van der Waals surface area contributed by atoms with Gasteiger partial charge in [-0.1, -0.05) is 12.1 Å². The zero-order valence-electron chi connectivity index (χ0n) is 8.82.